The number of carbonyl (C=O) groups is 1. The van der Waals surface area contributed by atoms with E-state index in [1.54, 1.807) is 26.2 Å². The molecule has 5 nitrogen and oxygen atoms in total. The zero-order valence-electron chi connectivity index (χ0n) is 16.3. The van der Waals surface area contributed by atoms with E-state index >= 15 is 0 Å². The summed E-state index contributed by atoms with van der Waals surface area (Å²) in [7, 11) is 7.19. The maximum absolute atomic E-state index is 13.5. The van der Waals surface area contributed by atoms with Gasteiger partial charge in [-0.2, -0.15) is 0 Å². The van der Waals surface area contributed by atoms with Crippen molar-refractivity contribution in [2.75, 3.05) is 34.8 Å². The van der Waals surface area contributed by atoms with E-state index < -0.39 is 11.9 Å². The van der Waals surface area contributed by atoms with E-state index in [0.29, 0.717) is 24.5 Å². The van der Waals surface area contributed by atoms with Crippen molar-refractivity contribution < 1.29 is 18.7 Å². The third-order valence-electron chi connectivity index (χ3n) is 3.99. The highest BCUT2D eigenvalue weighted by Gasteiger charge is 2.16. The summed E-state index contributed by atoms with van der Waals surface area (Å²) in [4.78, 5) is 15.2. The van der Waals surface area contributed by atoms with Crippen LogP contribution in [0.25, 0.3) is 0 Å². The molecule has 8 heteroatoms. The Bertz CT molecular complexity index is 788. The van der Waals surface area contributed by atoms with Gasteiger partial charge in [-0.3, -0.25) is 0 Å². The third kappa shape index (κ3) is 6.86. The first kappa shape index (κ1) is 24.0. The molecule has 0 saturated carbocycles. The van der Waals surface area contributed by atoms with E-state index in [-0.39, 0.29) is 23.5 Å². The SMILES string of the molecule is CN(C)C(=O)Oc1cccc(C(CCOc2ccc(Cl)c(F)c2)N(C)C)c1.Cl. The number of nitrogens with zero attached hydrogens (tertiary/aromatic N) is 2. The maximum atomic E-state index is 13.5. The lowest BCUT2D eigenvalue weighted by atomic mass is 10.0. The van der Waals surface area contributed by atoms with E-state index in [0.717, 1.165) is 5.56 Å². The lowest BCUT2D eigenvalue weighted by Crippen LogP contribution is -2.25. The molecule has 0 aromatic heterocycles. The first-order valence-corrected chi connectivity index (χ1v) is 8.89. The summed E-state index contributed by atoms with van der Waals surface area (Å²) in [5.41, 5.74) is 0.995. The second kappa shape index (κ2) is 11.1. The lowest BCUT2D eigenvalue weighted by Gasteiger charge is -2.25. The van der Waals surface area contributed by atoms with Gasteiger partial charge in [0.25, 0.3) is 0 Å². The molecular formula is C20H25Cl2FN2O3. The normalized spacial score (nSPS) is 11.5. The monoisotopic (exact) mass is 430 g/mol. The topological polar surface area (TPSA) is 42.0 Å². The molecule has 2 aromatic rings. The van der Waals surface area contributed by atoms with Crippen LogP contribution in [-0.4, -0.2) is 50.7 Å². The second-order valence-corrected chi connectivity index (χ2v) is 6.93. The zero-order chi connectivity index (χ0) is 20.0. The van der Waals surface area contributed by atoms with Crippen LogP contribution in [0.2, 0.25) is 5.02 Å². The molecule has 0 N–H and O–H groups in total. The number of benzene rings is 2. The summed E-state index contributed by atoms with van der Waals surface area (Å²) in [6.07, 6.45) is 0.240. The maximum Gasteiger partial charge on any atom is 0.414 e. The standard InChI is InChI=1S/C20H24ClFN2O3.ClH/c1-23(2)19(10-11-26-15-8-9-17(21)18(22)13-15)14-6-5-7-16(12-14)27-20(25)24(3)4;/h5-9,12-13,19H,10-11H2,1-4H3;1H. The predicted octanol–water partition coefficient (Wildman–Crippen LogP) is 5.03. The van der Waals surface area contributed by atoms with Gasteiger partial charge >= 0.3 is 6.09 Å². The highest BCUT2D eigenvalue weighted by molar-refractivity contribution is 6.30. The Morgan fingerprint density at radius 3 is 2.43 bits per heavy atom. The van der Waals surface area contributed by atoms with Gasteiger partial charge in [0, 0.05) is 32.6 Å². The summed E-state index contributed by atoms with van der Waals surface area (Å²) in [6.45, 7) is 0.394. The summed E-state index contributed by atoms with van der Waals surface area (Å²) in [5, 5.41) is 0.0672. The molecule has 1 amide bonds. The van der Waals surface area contributed by atoms with Gasteiger partial charge < -0.3 is 19.3 Å². The fraction of sp³-hybridized carbons (Fsp3) is 0.350. The van der Waals surface area contributed by atoms with Crippen molar-refractivity contribution in [3.8, 4) is 11.5 Å². The average molecular weight is 431 g/mol. The Morgan fingerprint density at radius 2 is 1.82 bits per heavy atom. The summed E-state index contributed by atoms with van der Waals surface area (Å²) >= 11 is 5.68. The molecule has 0 aliphatic rings. The summed E-state index contributed by atoms with van der Waals surface area (Å²) in [5.74, 6) is 0.413. The molecule has 2 rings (SSSR count). The summed E-state index contributed by atoms with van der Waals surface area (Å²) in [6, 6.07) is 11.8. The first-order valence-electron chi connectivity index (χ1n) is 8.51. The van der Waals surface area contributed by atoms with Gasteiger partial charge in [0.2, 0.25) is 0 Å². The highest BCUT2D eigenvalue weighted by Crippen LogP contribution is 2.27. The van der Waals surface area contributed by atoms with Crippen LogP contribution in [0.1, 0.15) is 18.0 Å². The molecule has 0 heterocycles. The van der Waals surface area contributed by atoms with E-state index in [1.807, 2.05) is 32.3 Å². The van der Waals surface area contributed by atoms with Gasteiger partial charge in [-0.25, -0.2) is 9.18 Å². The largest absolute Gasteiger partial charge is 0.493 e. The molecule has 0 radical (unpaired) electrons. The Balaban J connectivity index is 0.00000392. The minimum atomic E-state index is -0.506. The van der Waals surface area contributed by atoms with Gasteiger partial charge in [-0.1, -0.05) is 23.7 Å². The smallest absolute Gasteiger partial charge is 0.414 e. The molecule has 0 aliphatic heterocycles. The van der Waals surface area contributed by atoms with Crippen molar-refractivity contribution in [1.82, 2.24) is 9.80 Å². The number of halogens is 3. The van der Waals surface area contributed by atoms with Crippen molar-refractivity contribution >= 4 is 30.1 Å². The van der Waals surface area contributed by atoms with Crippen LogP contribution in [0.5, 0.6) is 11.5 Å². The fourth-order valence-corrected chi connectivity index (χ4v) is 2.67. The lowest BCUT2D eigenvalue weighted by molar-refractivity contribution is 0.171. The van der Waals surface area contributed by atoms with E-state index in [2.05, 4.69) is 4.90 Å². The minimum absolute atomic E-state index is 0. The van der Waals surface area contributed by atoms with Crippen LogP contribution in [-0.2, 0) is 0 Å². The molecule has 0 saturated heterocycles. The number of amides is 1. The molecule has 0 spiro atoms. The van der Waals surface area contributed by atoms with Gasteiger partial charge in [-0.15, -0.1) is 12.4 Å². The van der Waals surface area contributed by atoms with Crippen molar-refractivity contribution in [3.63, 3.8) is 0 Å². The van der Waals surface area contributed by atoms with Crippen LogP contribution >= 0.6 is 24.0 Å². The fourth-order valence-electron chi connectivity index (χ4n) is 2.56. The Labute approximate surface area is 176 Å². The van der Waals surface area contributed by atoms with Crippen LogP contribution in [0, 0.1) is 5.82 Å². The quantitative estimate of drug-likeness (QED) is 0.617. The number of carbonyl (C=O) groups excluding carboxylic acids is 1. The van der Waals surface area contributed by atoms with Gasteiger partial charge in [0.1, 0.15) is 17.3 Å². The number of ether oxygens (including phenoxy) is 2. The minimum Gasteiger partial charge on any atom is -0.493 e. The molecule has 28 heavy (non-hydrogen) atoms. The first-order chi connectivity index (χ1) is 12.8. The molecule has 2 aromatic carbocycles. The average Bonchev–Trinajstić information content (AvgIpc) is 2.61. The van der Waals surface area contributed by atoms with Crippen LogP contribution in [0.15, 0.2) is 42.5 Å². The van der Waals surface area contributed by atoms with Crippen molar-refractivity contribution in [3.05, 3.63) is 58.9 Å². The number of rotatable bonds is 7. The number of hydrogen-bond acceptors (Lipinski definition) is 4. The van der Waals surface area contributed by atoms with Gasteiger partial charge in [0.05, 0.1) is 11.6 Å². The van der Waals surface area contributed by atoms with Crippen molar-refractivity contribution in [2.45, 2.75) is 12.5 Å². The number of hydrogen-bond donors (Lipinski definition) is 0. The third-order valence-corrected chi connectivity index (χ3v) is 4.29. The van der Waals surface area contributed by atoms with Crippen molar-refractivity contribution in [1.29, 1.82) is 0 Å². The molecule has 1 unspecified atom stereocenters. The van der Waals surface area contributed by atoms with Gasteiger partial charge in [-0.05, 0) is 43.9 Å². The Morgan fingerprint density at radius 1 is 1.11 bits per heavy atom. The molecule has 0 aliphatic carbocycles. The Hall–Kier alpha value is -2.02. The Kier molecular flexibility index (Phi) is 9.52. The predicted molar refractivity (Wildman–Crippen MR) is 111 cm³/mol. The second-order valence-electron chi connectivity index (χ2n) is 6.53. The summed E-state index contributed by atoms with van der Waals surface area (Å²) < 4.78 is 24.5. The molecule has 1 atom stereocenters. The van der Waals surface area contributed by atoms with Crippen LogP contribution in [0.4, 0.5) is 9.18 Å². The molecule has 154 valence electrons. The highest BCUT2D eigenvalue weighted by atomic mass is 35.5. The van der Waals surface area contributed by atoms with E-state index in [4.69, 9.17) is 21.1 Å². The van der Waals surface area contributed by atoms with E-state index in [1.165, 1.54) is 17.0 Å². The van der Waals surface area contributed by atoms with E-state index in [9.17, 15) is 9.18 Å². The van der Waals surface area contributed by atoms with Crippen molar-refractivity contribution in [2.24, 2.45) is 0 Å². The molecular weight excluding hydrogens is 406 g/mol. The molecule has 0 bridgehead atoms. The van der Waals surface area contributed by atoms with Gasteiger partial charge in [0.15, 0.2) is 0 Å². The van der Waals surface area contributed by atoms with Crippen LogP contribution < -0.4 is 9.47 Å². The zero-order valence-corrected chi connectivity index (χ0v) is 17.9. The van der Waals surface area contributed by atoms with Crippen LogP contribution in [0.3, 0.4) is 0 Å². The molecule has 0 fully saturated rings.